The standard InChI is InChI=1S/C20H18ClF4N3O4/c1-10(2)16(28-18(30)11-3-5-13(22)6-4-11)19(31)32-9-15(29)27-17-14(21)7-12(8-26-17)20(23,24)25/h3-8,10,16H,9H2,1-2H3,(H,28,30)(H,26,27,29). The monoisotopic (exact) mass is 475 g/mol. The SMILES string of the molecule is CC(C)C(NC(=O)c1ccc(F)cc1)C(=O)OCC(=O)Nc1ncc(C(F)(F)F)cc1Cl. The highest BCUT2D eigenvalue weighted by Gasteiger charge is 2.32. The minimum Gasteiger partial charge on any atom is -0.454 e. The lowest BCUT2D eigenvalue weighted by molar-refractivity contribution is -0.150. The van der Waals surface area contributed by atoms with Crippen molar-refractivity contribution in [3.8, 4) is 0 Å². The van der Waals surface area contributed by atoms with Gasteiger partial charge >= 0.3 is 12.1 Å². The number of aromatic nitrogens is 1. The van der Waals surface area contributed by atoms with Gasteiger partial charge in [-0.25, -0.2) is 14.2 Å². The summed E-state index contributed by atoms with van der Waals surface area (Å²) in [6.07, 6.45) is -4.16. The van der Waals surface area contributed by atoms with Crippen LogP contribution in [-0.4, -0.2) is 35.4 Å². The summed E-state index contributed by atoms with van der Waals surface area (Å²) in [7, 11) is 0. The molecule has 1 aromatic carbocycles. The van der Waals surface area contributed by atoms with E-state index in [2.05, 4.69) is 15.6 Å². The zero-order valence-corrected chi connectivity index (χ0v) is 17.6. The normalized spacial score (nSPS) is 12.2. The zero-order valence-electron chi connectivity index (χ0n) is 16.8. The zero-order chi connectivity index (χ0) is 24.1. The highest BCUT2D eigenvalue weighted by atomic mass is 35.5. The van der Waals surface area contributed by atoms with Gasteiger partial charge in [0, 0.05) is 11.8 Å². The second kappa shape index (κ2) is 10.4. The number of halogens is 5. The molecular weight excluding hydrogens is 458 g/mol. The Morgan fingerprint density at radius 2 is 1.78 bits per heavy atom. The van der Waals surface area contributed by atoms with E-state index in [-0.39, 0.29) is 11.4 Å². The quantitative estimate of drug-likeness (QED) is 0.468. The van der Waals surface area contributed by atoms with Crippen LogP contribution in [0.25, 0.3) is 0 Å². The van der Waals surface area contributed by atoms with Crippen LogP contribution in [0, 0.1) is 11.7 Å². The summed E-state index contributed by atoms with van der Waals surface area (Å²) < 4.78 is 55.8. The van der Waals surface area contributed by atoms with E-state index in [1.54, 1.807) is 13.8 Å². The Morgan fingerprint density at radius 3 is 2.31 bits per heavy atom. The van der Waals surface area contributed by atoms with Gasteiger partial charge in [-0.2, -0.15) is 13.2 Å². The molecule has 2 aromatic rings. The number of carbonyl (C=O) groups excluding carboxylic acids is 3. The third kappa shape index (κ3) is 6.91. The van der Waals surface area contributed by atoms with Crippen LogP contribution >= 0.6 is 11.6 Å². The molecule has 12 heteroatoms. The molecule has 2 N–H and O–H groups in total. The summed E-state index contributed by atoms with van der Waals surface area (Å²) in [4.78, 5) is 40.0. The van der Waals surface area contributed by atoms with Crippen molar-refractivity contribution in [1.82, 2.24) is 10.3 Å². The number of carbonyl (C=O) groups is 3. The van der Waals surface area contributed by atoms with Gasteiger partial charge in [0.2, 0.25) is 0 Å². The van der Waals surface area contributed by atoms with Crippen molar-refractivity contribution >= 4 is 35.2 Å². The highest BCUT2D eigenvalue weighted by Crippen LogP contribution is 2.32. The van der Waals surface area contributed by atoms with Crippen molar-refractivity contribution in [2.24, 2.45) is 5.92 Å². The number of hydrogen-bond acceptors (Lipinski definition) is 5. The molecule has 0 bridgehead atoms. The highest BCUT2D eigenvalue weighted by molar-refractivity contribution is 6.33. The van der Waals surface area contributed by atoms with E-state index in [1.807, 2.05) is 0 Å². The third-order valence-corrected chi connectivity index (χ3v) is 4.37. The molecule has 0 fully saturated rings. The molecule has 1 aromatic heterocycles. The van der Waals surface area contributed by atoms with E-state index in [0.717, 1.165) is 12.1 Å². The molecule has 0 aliphatic rings. The molecule has 0 spiro atoms. The average molecular weight is 476 g/mol. The summed E-state index contributed by atoms with van der Waals surface area (Å²) in [5.74, 6) is -3.76. The number of esters is 1. The number of pyridine rings is 1. The van der Waals surface area contributed by atoms with Crippen LogP contribution in [0.2, 0.25) is 5.02 Å². The van der Waals surface area contributed by atoms with E-state index in [0.29, 0.717) is 12.3 Å². The minimum absolute atomic E-state index is 0.116. The van der Waals surface area contributed by atoms with Gasteiger partial charge in [-0.05, 0) is 36.2 Å². The molecule has 1 atom stereocenters. The van der Waals surface area contributed by atoms with E-state index >= 15 is 0 Å². The number of benzene rings is 1. The van der Waals surface area contributed by atoms with Gasteiger partial charge in [0.15, 0.2) is 12.4 Å². The van der Waals surface area contributed by atoms with Crippen molar-refractivity contribution in [3.63, 3.8) is 0 Å². The van der Waals surface area contributed by atoms with Crippen LogP contribution in [-0.2, 0) is 20.5 Å². The van der Waals surface area contributed by atoms with Crippen LogP contribution in [0.3, 0.4) is 0 Å². The Morgan fingerprint density at radius 1 is 1.16 bits per heavy atom. The fourth-order valence-electron chi connectivity index (χ4n) is 2.40. The topological polar surface area (TPSA) is 97.4 Å². The Balaban J connectivity index is 1.96. The molecule has 2 rings (SSSR count). The maximum Gasteiger partial charge on any atom is 0.417 e. The second-order valence-electron chi connectivity index (χ2n) is 6.91. The summed E-state index contributed by atoms with van der Waals surface area (Å²) in [6, 6.07) is 4.12. The smallest absolute Gasteiger partial charge is 0.417 e. The van der Waals surface area contributed by atoms with E-state index in [4.69, 9.17) is 16.3 Å². The number of nitrogens with one attached hydrogen (secondary N) is 2. The Bertz CT molecular complexity index is 997. The largest absolute Gasteiger partial charge is 0.454 e. The van der Waals surface area contributed by atoms with Crippen molar-refractivity contribution < 1.29 is 36.7 Å². The number of ether oxygens (including phenoxy) is 1. The van der Waals surface area contributed by atoms with Crippen molar-refractivity contribution in [2.45, 2.75) is 26.1 Å². The summed E-state index contributed by atoms with van der Waals surface area (Å²) in [6.45, 7) is 2.46. The van der Waals surface area contributed by atoms with Crippen LogP contribution < -0.4 is 10.6 Å². The van der Waals surface area contributed by atoms with Crippen LogP contribution in [0.1, 0.15) is 29.8 Å². The Kier molecular flexibility index (Phi) is 8.14. The molecule has 2 amide bonds. The molecule has 1 unspecified atom stereocenters. The van der Waals surface area contributed by atoms with Crippen molar-refractivity contribution in [2.75, 3.05) is 11.9 Å². The predicted molar refractivity (Wildman–Crippen MR) is 106 cm³/mol. The molecule has 32 heavy (non-hydrogen) atoms. The fraction of sp³-hybridized carbons (Fsp3) is 0.300. The van der Waals surface area contributed by atoms with Gasteiger partial charge in [-0.1, -0.05) is 25.4 Å². The van der Waals surface area contributed by atoms with Gasteiger partial charge in [0.1, 0.15) is 11.9 Å². The van der Waals surface area contributed by atoms with Crippen LogP contribution in [0.5, 0.6) is 0 Å². The molecule has 0 radical (unpaired) electrons. The summed E-state index contributed by atoms with van der Waals surface area (Å²) in [5.41, 5.74) is -0.978. The number of hydrogen-bond donors (Lipinski definition) is 2. The molecule has 0 aliphatic heterocycles. The van der Waals surface area contributed by atoms with E-state index < -0.39 is 58.9 Å². The number of nitrogens with zero attached hydrogens (tertiary/aromatic N) is 1. The summed E-state index contributed by atoms with van der Waals surface area (Å²) in [5, 5.41) is 4.13. The second-order valence-corrected chi connectivity index (χ2v) is 7.32. The Hall–Kier alpha value is -3.21. The maximum absolute atomic E-state index is 13.0. The molecular formula is C20H18ClF4N3O4. The molecule has 1 heterocycles. The minimum atomic E-state index is -4.65. The van der Waals surface area contributed by atoms with E-state index in [1.165, 1.54) is 12.1 Å². The maximum atomic E-state index is 13.0. The van der Waals surface area contributed by atoms with Gasteiger partial charge in [-0.15, -0.1) is 0 Å². The van der Waals surface area contributed by atoms with Crippen LogP contribution in [0.4, 0.5) is 23.4 Å². The molecule has 0 aliphatic carbocycles. The van der Waals surface area contributed by atoms with Crippen molar-refractivity contribution in [3.05, 3.63) is 58.5 Å². The lowest BCUT2D eigenvalue weighted by Gasteiger charge is -2.20. The van der Waals surface area contributed by atoms with Crippen molar-refractivity contribution in [1.29, 1.82) is 0 Å². The van der Waals surface area contributed by atoms with Gasteiger partial charge in [0.25, 0.3) is 11.8 Å². The first kappa shape index (κ1) is 25.1. The fourth-order valence-corrected chi connectivity index (χ4v) is 2.62. The van der Waals surface area contributed by atoms with Gasteiger partial charge in [-0.3, -0.25) is 9.59 Å². The van der Waals surface area contributed by atoms with Crippen LogP contribution in [0.15, 0.2) is 36.5 Å². The first-order chi connectivity index (χ1) is 14.9. The van der Waals surface area contributed by atoms with Gasteiger partial charge in [0.05, 0.1) is 10.6 Å². The third-order valence-electron chi connectivity index (χ3n) is 4.09. The molecule has 0 saturated carbocycles. The summed E-state index contributed by atoms with van der Waals surface area (Å²) >= 11 is 5.70. The molecule has 0 saturated heterocycles. The van der Waals surface area contributed by atoms with Gasteiger partial charge < -0.3 is 15.4 Å². The first-order valence-electron chi connectivity index (χ1n) is 9.14. The number of alkyl halides is 3. The first-order valence-corrected chi connectivity index (χ1v) is 9.52. The number of rotatable bonds is 7. The lowest BCUT2D eigenvalue weighted by atomic mass is 10.0. The molecule has 7 nitrogen and oxygen atoms in total. The lowest BCUT2D eigenvalue weighted by Crippen LogP contribution is -2.46. The number of anilines is 1. The molecule has 172 valence electrons. The predicted octanol–water partition coefficient (Wildman–Crippen LogP) is 3.83. The Labute approximate surface area is 185 Å². The number of amides is 2. The van der Waals surface area contributed by atoms with E-state index in [9.17, 15) is 31.9 Å². The average Bonchev–Trinajstić information content (AvgIpc) is 2.71.